The Hall–Kier alpha value is -5.12. The largest absolute Gasteiger partial charge is 0.490 e. The third-order valence-electron chi connectivity index (χ3n) is 7.35. The third-order valence-corrected chi connectivity index (χ3v) is 9.71. The molecule has 11 nitrogen and oxygen atoms in total. The van der Waals surface area contributed by atoms with Gasteiger partial charge in [-0.05, 0) is 86.5 Å². The molecule has 1 aliphatic carbocycles. The Morgan fingerprint density at radius 2 is 1.74 bits per heavy atom. The number of hydrogen-bond acceptors (Lipinski definition) is 9. The Morgan fingerprint density at radius 3 is 2.36 bits per heavy atom. The number of hydrogen-bond donors (Lipinski definition) is 4. The van der Waals surface area contributed by atoms with Gasteiger partial charge < -0.3 is 30.9 Å². The Morgan fingerprint density at radius 1 is 1.06 bits per heavy atom. The first-order valence-electron chi connectivity index (χ1n) is 15.5. The summed E-state index contributed by atoms with van der Waals surface area (Å²) in [5, 5.41) is 13.7. The molecule has 1 aliphatic rings. The van der Waals surface area contributed by atoms with Crippen molar-refractivity contribution in [1.29, 1.82) is 0 Å². The van der Waals surface area contributed by atoms with Gasteiger partial charge in [0, 0.05) is 18.1 Å². The van der Waals surface area contributed by atoms with Crippen molar-refractivity contribution >= 4 is 44.0 Å². The molecule has 268 valence electrons. The Kier molecular flexibility index (Phi) is 11.8. The molecule has 0 radical (unpaired) electrons. The van der Waals surface area contributed by atoms with E-state index in [9.17, 15) is 26.4 Å². The van der Waals surface area contributed by atoms with Crippen LogP contribution in [0, 0.1) is 5.82 Å². The van der Waals surface area contributed by atoms with E-state index in [0.717, 1.165) is 0 Å². The van der Waals surface area contributed by atoms with Gasteiger partial charge in [-0.2, -0.15) is 13.2 Å². The lowest BCUT2D eigenvalue weighted by Gasteiger charge is -2.23. The predicted octanol–water partition coefficient (Wildman–Crippen LogP) is 6.18. The molecule has 1 unspecified atom stereocenters. The fourth-order valence-electron chi connectivity index (χ4n) is 4.88. The van der Waals surface area contributed by atoms with Crippen LogP contribution >= 0.6 is 0 Å². The molecule has 0 bridgehead atoms. The lowest BCUT2D eigenvalue weighted by molar-refractivity contribution is -0.192. The monoisotopic (exact) mass is 720 g/mol. The maximum atomic E-state index is 15.4. The van der Waals surface area contributed by atoms with Gasteiger partial charge in [0.1, 0.15) is 17.7 Å². The van der Waals surface area contributed by atoms with Crippen LogP contribution in [0.3, 0.4) is 0 Å². The van der Waals surface area contributed by atoms with E-state index in [1.54, 1.807) is 54.6 Å². The zero-order valence-corrected chi connectivity index (χ0v) is 28.1. The first-order chi connectivity index (χ1) is 23.5. The van der Waals surface area contributed by atoms with Crippen molar-refractivity contribution in [3.63, 3.8) is 0 Å². The summed E-state index contributed by atoms with van der Waals surface area (Å²) >= 11 is 0. The summed E-state index contributed by atoms with van der Waals surface area (Å²) in [5.41, 5.74) is 6.99. The fourth-order valence-corrected chi connectivity index (χ4v) is 6.77. The molecule has 5 N–H and O–H groups in total. The molecular formula is C34H36F4N4O7S. The molecule has 4 aromatic rings. The van der Waals surface area contributed by atoms with Crippen molar-refractivity contribution in [3.8, 4) is 11.5 Å². The summed E-state index contributed by atoms with van der Waals surface area (Å²) in [6.45, 7) is 5.96. The van der Waals surface area contributed by atoms with Gasteiger partial charge >= 0.3 is 12.1 Å². The Balaban J connectivity index is 0.000000727. The number of nitrogens with zero attached hydrogens (tertiary/aromatic N) is 1. The molecule has 16 heteroatoms. The number of halogens is 4. The van der Waals surface area contributed by atoms with E-state index in [4.69, 9.17) is 25.1 Å². The standard InChI is InChI=1S/C32H35FN4O5S.C2HF3O2/c1-4-41-28-16-21(9-12-27(28)42-19(2)3)30(37-26-15-20-13-14-35-31(34)24(20)17-25(26)33)32(38)36-18-22-7-5-6-8-29(22)43(39,40)23-10-11-23;3-2(4,5)1(6)7/h5-9,12-17,19,23,30,37H,4,10-11,18H2,1-3H3,(H2,34,35)(H,36,38);(H,6,7). The van der Waals surface area contributed by atoms with Crippen LogP contribution in [0.25, 0.3) is 10.8 Å². The number of fused-ring (bicyclic) bond motifs is 1. The van der Waals surface area contributed by atoms with Gasteiger partial charge in [-0.15, -0.1) is 0 Å². The Labute approximate surface area is 285 Å². The van der Waals surface area contributed by atoms with E-state index >= 15 is 4.39 Å². The van der Waals surface area contributed by atoms with Crippen LogP contribution in [0.4, 0.5) is 29.1 Å². The van der Waals surface area contributed by atoms with Crippen molar-refractivity contribution in [1.82, 2.24) is 10.3 Å². The molecule has 1 fully saturated rings. The van der Waals surface area contributed by atoms with Crippen LogP contribution in [-0.2, 0) is 26.0 Å². The van der Waals surface area contributed by atoms with Crippen molar-refractivity contribution < 1.29 is 50.1 Å². The molecule has 50 heavy (non-hydrogen) atoms. The normalized spacial score (nSPS) is 13.6. The summed E-state index contributed by atoms with van der Waals surface area (Å²) in [4.78, 5) is 27.0. The number of nitrogens with two attached hydrogens (primary N) is 1. The van der Waals surface area contributed by atoms with Crippen molar-refractivity contribution in [2.75, 3.05) is 17.7 Å². The molecular weight excluding hydrogens is 684 g/mol. The minimum absolute atomic E-state index is 0.0333. The van der Waals surface area contributed by atoms with Gasteiger partial charge in [0.25, 0.3) is 0 Å². The van der Waals surface area contributed by atoms with E-state index in [-0.39, 0.29) is 34.3 Å². The van der Waals surface area contributed by atoms with E-state index in [2.05, 4.69) is 15.6 Å². The third kappa shape index (κ3) is 9.31. The van der Waals surface area contributed by atoms with Crippen molar-refractivity contribution in [2.45, 2.75) is 68.6 Å². The predicted molar refractivity (Wildman–Crippen MR) is 178 cm³/mol. The topological polar surface area (TPSA) is 170 Å². The second-order valence-corrected chi connectivity index (χ2v) is 13.7. The molecule has 1 amide bonds. The number of anilines is 2. The Bertz CT molecular complexity index is 1970. The van der Waals surface area contributed by atoms with Crippen molar-refractivity contribution in [2.24, 2.45) is 0 Å². The summed E-state index contributed by atoms with van der Waals surface area (Å²) in [5.74, 6) is -2.72. The number of carboxylic acids is 1. The highest BCUT2D eigenvalue weighted by atomic mass is 32.2. The number of carbonyl (C=O) groups is 2. The average molecular weight is 721 g/mol. The van der Waals surface area contributed by atoms with E-state index in [1.807, 2.05) is 20.8 Å². The van der Waals surface area contributed by atoms with Gasteiger partial charge in [0.2, 0.25) is 5.91 Å². The van der Waals surface area contributed by atoms with E-state index in [1.165, 1.54) is 12.3 Å². The number of carboxylic acid groups (broad SMARTS) is 1. The molecule has 1 heterocycles. The average Bonchev–Trinajstić information content (AvgIpc) is 3.91. The van der Waals surface area contributed by atoms with Crippen molar-refractivity contribution in [3.05, 3.63) is 83.8 Å². The SMILES string of the molecule is CCOc1cc(C(Nc2cc3ccnc(N)c3cc2F)C(=O)NCc2ccccc2S(=O)(=O)C2CC2)ccc1OC(C)C.O=C(O)C(F)(F)F. The minimum Gasteiger partial charge on any atom is -0.490 e. The van der Waals surface area contributed by atoms with Crippen LogP contribution in [0.2, 0.25) is 0 Å². The highest BCUT2D eigenvalue weighted by molar-refractivity contribution is 7.92. The van der Waals surface area contributed by atoms with E-state index in [0.29, 0.717) is 52.8 Å². The number of amides is 1. The second kappa shape index (κ2) is 15.6. The quantitative estimate of drug-likeness (QED) is 0.124. The molecule has 5 rings (SSSR count). The molecule has 1 atom stereocenters. The van der Waals surface area contributed by atoms with Crippen LogP contribution < -0.4 is 25.8 Å². The van der Waals surface area contributed by atoms with Crippen LogP contribution in [0.1, 0.15) is 50.8 Å². The zero-order chi connectivity index (χ0) is 36.8. The molecule has 1 saturated carbocycles. The van der Waals surface area contributed by atoms with E-state index < -0.39 is 39.7 Å². The summed E-state index contributed by atoms with van der Waals surface area (Å²) in [7, 11) is -3.48. The number of sulfone groups is 1. The molecule has 3 aromatic carbocycles. The molecule has 1 aromatic heterocycles. The molecule has 0 aliphatic heterocycles. The van der Waals surface area contributed by atoms with Gasteiger partial charge in [-0.3, -0.25) is 4.79 Å². The number of carbonyl (C=O) groups excluding carboxylic acids is 1. The van der Waals surface area contributed by atoms with Crippen LogP contribution in [0.5, 0.6) is 11.5 Å². The minimum atomic E-state index is -5.08. The first-order valence-corrected chi connectivity index (χ1v) is 17.0. The number of aliphatic carboxylic acids is 1. The van der Waals surface area contributed by atoms with Crippen LogP contribution in [0.15, 0.2) is 71.8 Å². The summed E-state index contributed by atoms with van der Waals surface area (Å²) in [6.07, 6.45) is -2.40. The lowest BCUT2D eigenvalue weighted by atomic mass is 10.0. The molecule has 0 spiro atoms. The highest BCUT2D eigenvalue weighted by Crippen LogP contribution is 2.36. The fraction of sp³-hybridized carbons (Fsp3) is 0.324. The highest BCUT2D eigenvalue weighted by Gasteiger charge is 2.39. The molecule has 0 saturated heterocycles. The maximum absolute atomic E-state index is 15.4. The number of aromatic nitrogens is 1. The van der Waals surface area contributed by atoms with Gasteiger partial charge in [0.15, 0.2) is 21.3 Å². The van der Waals surface area contributed by atoms with Gasteiger partial charge in [-0.1, -0.05) is 24.3 Å². The maximum Gasteiger partial charge on any atom is 0.490 e. The number of nitrogens with one attached hydrogen (secondary N) is 2. The van der Waals surface area contributed by atoms with Crippen LogP contribution in [-0.4, -0.2) is 54.5 Å². The van der Waals surface area contributed by atoms with Gasteiger partial charge in [0.05, 0.1) is 28.5 Å². The zero-order valence-electron chi connectivity index (χ0n) is 27.3. The van der Waals surface area contributed by atoms with Gasteiger partial charge in [-0.25, -0.2) is 22.6 Å². The number of ether oxygens (including phenoxy) is 2. The first kappa shape index (κ1) is 37.7. The number of benzene rings is 3. The smallest absolute Gasteiger partial charge is 0.490 e. The number of pyridine rings is 1. The summed E-state index contributed by atoms with van der Waals surface area (Å²) in [6, 6.07) is 15.2. The number of rotatable bonds is 12. The number of alkyl halides is 3. The summed E-state index contributed by atoms with van der Waals surface area (Å²) < 4.78 is 84.9. The number of nitrogen functional groups attached to an aromatic ring is 1. The lowest BCUT2D eigenvalue weighted by Crippen LogP contribution is -2.34. The second-order valence-electron chi connectivity index (χ2n) is 11.5.